The average Bonchev–Trinajstić information content (AvgIpc) is 2.48. The summed E-state index contributed by atoms with van der Waals surface area (Å²) in [5.74, 6) is -0.0459. The Labute approximate surface area is 125 Å². The summed E-state index contributed by atoms with van der Waals surface area (Å²) in [6, 6.07) is 5.62. The third-order valence-electron chi connectivity index (χ3n) is 3.69. The molecule has 0 spiro atoms. The summed E-state index contributed by atoms with van der Waals surface area (Å²) in [5, 5.41) is 3.31. The Hall–Kier alpha value is -1.44. The fourth-order valence-electron chi connectivity index (χ4n) is 2.45. The SMILES string of the molecule is NC(=O)c1ccc(S(=O)(=O)NCCC2CCCNC2)cc1. The molecule has 1 aliphatic heterocycles. The normalized spacial score (nSPS) is 19.3. The minimum atomic E-state index is -3.53. The van der Waals surface area contributed by atoms with Crippen LogP contribution in [0.1, 0.15) is 29.6 Å². The number of nitrogens with two attached hydrogens (primary N) is 1. The molecule has 1 aromatic carbocycles. The molecule has 116 valence electrons. The summed E-state index contributed by atoms with van der Waals surface area (Å²) in [4.78, 5) is 11.1. The van der Waals surface area contributed by atoms with E-state index < -0.39 is 15.9 Å². The minimum absolute atomic E-state index is 0.147. The van der Waals surface area contributed by atoms with Crippen molar-refractivity contribution in [1.29, 1.82) is 0 Å². The van der Waals surface area contributed by atoms with Gasteiger partial charge in [-0.1, -0.05) is 0 Å². The molecule has 1 amide bonds. The van der Waals surface area contributed by atoms with Crippen LogP contribution in [0.5, 0.6) is 0 Å². The van der Waals surface area contributed by atoms with Crippen molar-refractivity contribution in [2.45, 2.75) is 24.2 Å². The number of benzene rings is 1. The lowest BCUT2D eigenvalue weighted by Crippen LogP contribution is -2.33. The van der Waals surface area contributed by atoms with Crippen LogP contribution in [0.15, 0.2) is 29.2 Å². The van der Waals surface area contributed by atoms with Crippen LogP contribution in [0.2, 0.25) is 0 Å². The maximum atomic E-state index is 12.1. The van der Waals surface area contributed by atoms with Crippen LogP contribution >= 0.6 is 0 Å². The monoisotopic (exact) mass is 311 g/mol. The van der Waals surface area contributed by atoms with Crippen LogP contribution in [0.3, 0.4) is 0 Å². The lowest BCUT2D eigenvalue weighted by Gasteiger charge is -2.22. The predicted molar refractivity (Wildman–Crippen MR) is 80.4 cm³/mol. The Morgan fingerprint density at radius 3 is 2.62 bits per heavy atom. The largest absolute Gasteiger partial charge is 0.366 e. The van der Waals surface area contributed by atoms with E-state index in [9.17, 15) is 13.2 Å². The number of piperidine rings is 1. The van der Waals surface area contributed by atoms with Crippen molar-refractivity contribution >= 4 is 15.9 Å². The Kier molecular flexibility index (Phi) is 5.33. The van der Waals surface area contributed by atoms with Gasteiger partial charge in [-0.15, -0.1) is 0 Å². The van der Waals surface area contributed by atoms with Crippen molar-refractivity contribution in [2.24, 2.45) is 11.7 Å². The number of rotatable bonds is 6. The van der Waals surface area contributed by atoms with E-state index in [1.807, 2.05) is 0 Å². The molecule has 1 heterocycles. The average molecular weight is 311 g/mol. The molecule has 1 saturated heterocycles. The number of nitrogens with one attached hydrogen (secondary N) is 2. The molecule has 0 aromatic heterocycles. The van der Waals surface area contributed by atoms with E-state index in [0.29, 0.717) is 18.0 Å². The van der Waals surface area contributed by atoms with E-state index in [-0.39, 0.29) is 4.90 Å². The smallest absolute Gasteiger partial charge is 0.248 e. The third kappa shape index (κ3) is 4.52. The van der Waals surface area contributed by atoms with Crippen molar-refractivity contribution in [2.75, 3.05) is 19.6 Å². The van der Waals surface area contributed by atoms with Crippen LogP contribution in [0.4, 0.5) is 0 Å². The van der Waals surface area contributed by atoms with E-state index in [1.165, 1.54) is 24.3 Å². The van der Waals surface area contributed by atoms with E-state index in [2.05, 4.69) is 10.0 Å². The fraction of sp³-hybridized carbons (Fsp3) is 0.500. The van der Waals surface area contributed by atoms with Crippen molar-refractivity contribution < 1.29 is 13.2 Å². The molecule has 6 nitrogen and oxygen atoms in total. The van der Waals surface area contributed by atoms with Gasteiger partial charge in [0.25, 0.3) is 0 Å². The highest BCUT2D eigenvalue weighted by atomic mass is 32.2. The molecule has 1 unspecified atom stereocenters. The maximum Gasteiger partial charge on any atom is 0.248 e. The molecule has 1 fully saturated rings. The number of hydrogen-bond acceptors (Lipinski definition) is 4. The topological polar surface area (TPSA) is 101 Å². The predicted octanol–water partition coefficient (Wildman–Crippen LogP) is 0.453. The highest BCUT2D eigenvalue weighted by Crippen LogP contribution is 2.14. The van der Waals surface area contributed by atoms with Gasteiger partial charge in [0, 0.05) is 12.1 Å². The molecule has 1 aromatic rings. The zero-order valence-electron chi connectivity index (χ0n) is 11.8. The standard InChI is InChI=1S/C14H21N3O3S/c15-14(18)12-3-5-13(6-4-12)21(19,20)17-9-7-11-2-1-8-16-10-11/h3-6,11,16-17H,1-2,7-10H2,(H2,15,18). The number of amides is 1. The van der Waals surface area contributed by atoms with Gasteiger partial charge < -0.3 is 11.1 Å². The van der Waals surface area contributed by atoms with Crippen LogP contribution in [0.25, 0.3) is 0 Å². The molecule has 2 rings (SSSR count). The van der Waals surface area contributed by atoms with Crippen molar-refractivity contribution in [3.63, 3.8) is 0 Å². The number of carbonyl (C=O) groups excluding carboxylic acids is 1. The lowest BCUT2D eigenvalue weighted by atomic mass is 9.96. The maximum absolute atomic E-state index is 12.1. The molecule has 0 radical (unpaired) electrons. The first-order valence-electron chi connectivity index (χ1n) is 7.09. The highest BCUT2D eigenvalue weighted by Gasteiger charge is 2.17. The second-order valence-corrected chi connectivity index (χ2v) is 7.05. The van der Waals surface area contributed by atoms with Crippen molar-refractivity contribution in [3.05, 3.63) is 29.8 Å². The summed E-state index contributed by atoms with van der Waals surface area (Å²) in [5.41, 5.74) is 5.42. The number of hydrogen-bond donors (Lipinski definition) is 3. The summed E-state index contributed by atoms with van der Waals surface area (Å²) in [7, 11) is -3.53. The zero-order chi connectivity index (χ0) is 15.3. The highest BCUT2D eigenvalue weighted by molar-refractivity contribution is 7.89. The molecule has 1 aliphatic rings. The van der Waals surface area contributed by atoms with Crippen LogP contribution in [0, 0.1) is 5.92 Å². The van der Waals surface area contributed by atoms with Crippen LogP contribution in [-0.2, 0) is 10.0 Å². The van der Waals surface area contributed by atoms with Gasteiger partial charge in [0.05, 0.1) is 4.90 Å². The quantitative estimate of drug-likeness (QED) is 0.710. The van der Waals surface area contributed by atoms with Crippen molar-refractivity contribution in [1.82, 2.24) is 10.0 Å². The molecule has 21 heavy (non-hydrogen) atoms. The van der Waals surface area contributed by atoms with Gasteiger partial charge in [0.1, 0.15) is 0 Å². The van der Waals surface area contributed by atoms with Gasteiger partial charge in [-0.25, -0.2) is 13.1 Å². The molecule has 0 aliphatic carbocycles. The number of carbonyl (C=O) groups is 1. The van der Waals surface area contributed by atoms with Crippen LogP contribution in [-0.4, -0.2) is 34.0 Å². The summed E-state index contributed by atoms with van der Waals surface area (Å²) < 4.78 is 26.8. The minimum Gasteiger partial charge on any atom is -0.366 e. The van der Waals surface area contributed by atoms with E-state index in [0.717, 1.165) is 32.4 Å². The molecular weight excluding hydrogens is 290 g/mol. The summed E-state index contributed by atoms with van der Waals surface area (Å²) >= 11 is 0. The molecule has 7 heteroatoms. The van der Waals surface area contributed by atoms with E-state index in [4.69, 9.17) is 5.73 Å². The molecule has 0 saturated carbocycles. The van der Waals surface area contributed by atoms with Gasteiger partial charge in [-0.3, -0.25) is 4.79 Å². The Morgan fingerprint density at radius 2 is 2.05 bits per heavy atom. The molecular formula is C14H21N3O3S. The molecule has 0 bridgehead atoms. The number of primary amides is 1. The first kappa shape index (κ1) is 15.9. The third-order valence-corrected chi connectivity index (χ3v) is 5.17. The van der Waals surface area contributed by atoms with Gasteiger partial charge in [0.15, 0.2) is 0 Å². The molecule has 4 N–H and O–H groups in total. The van der Waals surface area contributed by atoms with Gasteiger partial charge in [-0.2, -0.15) is 0 Å². The van der Waals surface area contributed by atoms with Gasteiger partial charge in [-0.05, 0) is 62.5 Å². The van der Waals surface area contributed by atoms with Gasteiger partial charge in [0.2, 0.25) is 15.9 Å². The summed E-state index contributed by atoms with van der Waals surface area (Å²) in [6.45, 7) is 2.43. The van der Waals surface area contributed by atoms with Crippen molar-refractivity contribution in [3.8, 4) is 0 Å². The van der Waals surface area contributed by atoms with E-state index in [1.54, 1.807) is 0 Å². The Morgan fingerprint density at radius 1 is 1.33 bits per heavy atom. The second kappa shape index (κ2) is 7.02. The zero-order valence-corrected chi connectivity index (χ0v) is 12.7. The summed E-state index contributed by atoms with van der Waals surface area (Å²) in [6.07, 6.45) is 3.11. The second-order valence-electron chi connectivity index (χ2n) is 5.29. The lowest BCUT2D eigenvalue weighted by molar-refractivity contribution is 0.1000. The first-order chi connectivity index (χ1) is 9.99. The van der Waals surface area contributed by atoms with Gasteiger partial charge >= 0.3 is 0 Å². The van der Waals surface area contributed by atoms with E-state index >= 15 is 0 Å². The Balaban J connectivity index is 1.90. The fourth-order valence-corrected chi connectivity index (χ4v) is 3.50. The first-order valence-corrected chi connectivity index (χ1v) is 8.57. The number of sulfonamides is 1. The Bertz CT molecular complexity index is 578. The van der Waals surface area contributed by atoms with Crippen LogP contribution < -0.4 is 15.8 Å². The molecule has 1 atom stereocenters.